The maximum absolute atomic E-state index is 12.8. The van der Waals surface area contributed by atoms with E-state index in [0.29, 0.717) is 90.0 Å². The maximum atomic E-state index is 12.8. The zero-order valence-electron chi connectivity index (χ0n) is 34.3. The first-order chi connectivity index (χ1) is 29.4. The summed E-state index contributed by atoms with van der Waals surface area (Å²) < 4.78 is 60.5. The molecule has 2 heterocycles. The first-order valence-corrected chi connectivity index (χ1v) is 20.4. The molecule has 346 valence electrons. The predicted molar refractivity (Wildman–Crippen MR) is 210 cm³/mol. The van der Waals surface area contributed by atoms with Gasteiger partial charge in [0, 0.05) is 31.6 Å². The highest BCUT2D eigenvalue weighted by molar-refractivity contribution is 5.79. The number of unbranched alkanes of at least 4 members (excludes halogenated alkanes) is 5. The lowest BCUT2D eigenvalue weighted by atomic mass is 9.88. The van der Waals surface area contributed by atoms with Gasteiger partial charge in [-0.1, -0.05) is 55.2 Å². The van der Waals surface area contributed by atoms with Crippen molar-refractivity contribution in [3.05, 3.63) is 47.3 Å². The number of ether oxygens (including phenoxy) is 6. The summed E-state index contributed by atoms with van der Waals surface area (Å²) in [4.78, 5) is 37.1. The number of nitrogens with zero attached hydrogens (tertiary/aromatic N) is 3. The lowest BCUT2D eigenvalue weighted by Gasteiger charge is -2.46. The number of carbonyl (C=O) groups excluding carboxylic acids is 2. The highest BCUT2D eigenvalue weighted by Crippen LogP contribution is 2.34. The number of hydrogen-bond acceptors (Lipinski definition) is 16. The SMILES string of the molecule is NCCOCCOCCOCCOCc1cn(CCCCCCCCO[C@]2(C(=O)O)C[C@H](O)[C@@H](NC(=O)CO)[C@H]([C@H](O)[C@H](O)CNC(=O)Cc3ccc(C(F)F)cc3)O2)nn1. The smallest absolute Gasteiger partial charge is 0.364 e. The molecule has 6 atom stereocenters. The fourth-order valence-electron chi connectivity index (χ4n) is 6.29. The van der Waals surface area contributed by atoms with Crippen LogP contribution < -0.4 is 16.4 Å². The van der Waals surface area contributed by atoms with Gasteiger partial charge >= 0.3 is 5.97 Å². The van der Waals surface area contributed by atoms with E-state index in [0.717, 1.165) is 25.7 Å². The second-order valence-corrected chi connectivity index (χ2v) is 14.4. The van der Waals surface area contributed by atoms with Gasteiger partial charge in [-0.05, 0) is 18.4 Å². The molecule has 0 saturated carbocycles. The summed E-state index contributed by atoms with van der Waals surface area (Å²) in [6.45, 7) is 3.05. The lowest BCUT2D eigenvalue weighted by molar-refractivity contribution is -0.310. The van der Waals surface area contributed by atoms with Crippen LogP contribution in [0.2, 0.25) is 0 Å². The van der Waals surface area contributed by atoms with Gasteiger partial charge in [-0.15, -0.1) is 5.10 Å². The van der Waals surface area contributed by atoms with Crippen LogP contribution in [0.5, 0.6) is 0 Å². The van der Waals surface area contributed by atoms with Crippen molar-refractivity contribution >= 4 is 17.8 Å². The second kappa shape index (κ2) is 28.7. The number of rotatable bonds is 33. The minimum Gasteiger partial charge on any atom is -0.477 e. The van der Waals surface area contributed by atoms with Gasteiger partial charge in [0.1, 0.15) is 24.5 Å². The van der Waals surface area contributed by atoms with Crippen LogP contribution in [0, 0.1) is 0 Å². The molecule has 1 saturated heterocycles. The van der Waals surface area contributed by atoms with E-state index in [4.69, 9.17) is 34.2 Å². The van der Waals surface area contributed by atoms with Crippen molar-refractivity contribution < 1.29 is 77.1 Å². The molecule has 61 heavy (non-hydrogen) atoms. The number of aryl methyl sites for hydroxylation is 1. The quantitative estimate of drug-likeness (QED) is 0.0423. The largest absolute Gasteiger partial charge is 0.477 e. The van der Waals surface area contributed by atoms with Gasteiger partial charge in [-0.25, -0.2) is 13.6 Å². The third-order valence-electron chi connectivity index (χ3n) is 9.54. The van der Waals surface area contributed by atoms with Gasteiger partial charge in [-0.3, -0.25) is 14.3 Å². The molecule has 9 N–H and O–H groups in total. The Bertz CT molecular complexity index is 1550. The molecule has 2 aromatic rings. The topological polar surface area (TPSA) is 289 Å². The fraction of sp³-hybridized carbons (Fsp3) is 0.718. The van der Waals surface area contributed by atoms with Crippen molar-refractivity contribution in [2.75, 3.05) is 72.6 Å². The molecule has 0 unspecified atom stereocenters. The second-order valence-electron chi connectivity index (χ2n) is 14.4. The number of alkyl halides is 2. The van der Waals surface area contributed by atoms with Gasteiger partial charge in [0.2, 0.25) is 11.8 Å². The Morgan fingerprint density at radius 2 is 1.52 bits per heavy atom. The highest BCUT2D eigenvalue weighted by Gasteiger charge is 2.55. The standard InChI is InChI=1S/C39H62F2N6O14/c40-37(41)28-9-7-27(8-10-28)21-32(51)43-23-31(50)35(53)36-34(44-33(52)25-48)30(49)22-39(61-36,38(54)55)60-13-6-4-2-1-3-5-12-47-24-29(45-46-47)26-59-20-19-58-18-17-57-16-15-56-14-11-42/h7-10,24,30-31,34-37,48-50,53H,1-6,11-23,25-26,42H2,(H,43,51)(H,44,52)(H,54,55)/t30-,31+,34+,35+,36+,39+/m0/s1. The summed E-state index contributed by atoms with van der Waals surface area (Å²) >= 11 is 0. The number of hydrogen-bond donors (Lipinski definition) is 8. The molecule has 0 aliphatic carbocycles. The Labute approximate surface area is 352 Å². The van der Waals surface area contributed by atoms with Crippen molar-refractivity contribution in [3.8, 4) is 0 Å². The predicted octanol–water partition coefficient (Wildman–Crippen LogP) is -0.413. The first kappa shape index (κ1) is 51.5. The Morgan fingerprint density at radius 1 is 0.902 bits per heavy atom. The number of halogens is 2. The van der Waals surface area contributed by atoms with Crippen LogP contribution in [0.15, 0.2) is 30.5 Å². The van der Waals surface area contributed by atoms with Gasteiger partial charge in [0.25, 0.3) is 12.2 Å². The van der Waals surface area contributed by atoms with Crippen LogP contribution in [0.1, 0.15) is 68.2 Å². The number of aliphatic carboxylic acids is 1. The van der Waals surface area contributed by atoms with E-state index in [1.807, 2.05) is 6.20 Å². The third kappa shape index (κ3) is 19.0. The maximum Gasteiger partial charge on any atom is 0.364 e. The van der Waals surface area contributed by atoms with Gasteiger partial charge < -0.3 is 70.3 Å². The summed E-state index contributed by atoms with van der Waals surface area (Å²) in [5.41, 5.74) is 6.24. The number of aromatic nitrogens is 3. The molecule has 1 aliphatic rings. The first-order valence-electron chi connectivity index (χ1n) is 20.4. The molecule has 1 aromatic heterocycles. The van der Waals surface area contributed by atoms with E-state index in [-0.39, 0.29) is 18.6 Å². The van der Waals surface area contributed by atoms with Crippen molar-refractivity contribution in [1.29, 1.82) is 0 Å². The third-order valence-corrected chi connectivity index (χ3v) is 9.54. The van der Waals surface area contributed by atoms with E-state index in [2.05, 4.69) is 20.9 Å². The molecule has 0 spiro atoms. The van der Waals surface area contributed by atoms with Crippen molar-refractivity contribution in [2.45, 2.75) is 107 Å². The Kier molecular flexibility index (Phi) is 24.3. The van der Waals surface area contributed by atoms with Crippen molar-refractivity contribution in [3.63, 3.8) is 0 Å². The zero-order chi connectivity index (χ0) is 44.5. The van der Waals surface area contributed by atoms with E-state index in [9.17, 15) is 48.7 Å². The molecule has 1 aromatic carbocycles. The van der Waals surface area contributed by atoms with E-state index in [1.54, 1.807) is 4.68 Å². The van der Waals surface area contributed by atoms with Crippen LogP contribution in [0.4, 0.5) is 8.78 Å². The average Bonchev–Trinajstić information content (AvgIpc) is 3.70. The summed E-state index contributed by atoms with van der Waals surface area (Å²) in [6.07, 6.45) is -4.38. The Balaban J connectivity index is 1.36. The molecule has 1 aliphatic heterocycles. The number of carboxylic acid groups (broad SMARTS) is 1. The molecule has 0 radical (unpaired) electrons. The molecule has 3 rings (SSSR count). The molecule has 1 fully saturated rings. The summed E-state index contributed by atoms with van der Waals surface area (Å²) in [5.74, 6) is -5.68. The van der Waals surface area contributed by atoms with E-state index >= 15 is 0 Å². The number of aliphatic hydroxyl groups is 4. The van der Waals surface area contributed by atoms with Gasteiger partial charge in [0.05, 0.1) is 90.3 Å². The fourth-order valence-corrected chi connectivity index (χ4v) is 6.29. The minimum absolute atomic E-state index is 0.0947. The van der Waals surface area contributed by atoms with Crippen molar-refractivity contribution in [2.24, 2.45) is 5.73 Å². The van der Waals surface area contributed by atoms with Crippen LogP contribution >= 0.6 is 0 Å². The number of nitrogens with two attached hydrogens (primary N) is 1. The lowest BCUT2D eigenvalue weighted by Crippen LogP contribution is -2.68. The number of benzene rings is 1. The molecule has 22 heteroatoms. The van der Waals surface area contributed by atoms with E-state index < -0.39 is 80.0 Å². The zero-order valence-corrected chi connectivity index (χ0v) is 34.3. The number of amides is 2. The molecule has 0 bridgehead atoms. The molecular formula is C39H62F2N6O14. The van der Waals surface area contributed by atoms with E-state index in [1.165, 1.54) is 24.3 Å². The summed E-state index contributed by atoms with van der Waals surface area (Å²) in [5, 5.41) is 65.3. The van der Waals surface area contributed by atoms with Crippen LogP contribution in [-0.4, -0.2) is 167 Å². The number of carbonyl (C=O) groups is 3. The monoisotopic (exact) mass is 876 g/mol. The summed E-state index contributed by atoms with van der Waals surface area (Å²) in [6, 6.07) is 3.57. The summed E-state index contributed by atoms with van der Waals surface area (Å²) in [7, 11) is 0. The van der Waals surface area contributed by atoms with Crippen LogP contribution in [-0.2, 0) is 62.4 Å². The van der Waals surface area contributed by atoms with Crippen LogP contribution in [0.3, 0.4) is 0 Å². The average molecular weight is 877 g/mol. The van der Waals surface area contributed by atoms with Crippen molar-refractivity contribution in [1.82, 2.24) is 25.6 Å². The minimum atomic E-state index is -2.67. The molecular weight excluding hydrogens is 814 g/mol. The van der Waals surface area contributed by atoms with Gasteiger partial charge in [0.15, 0.2) is 0 Å². The Hall–Kier alpha value is -3.81. The van der Waals surface area contributed by atoms with Gasteiger partial charge in [-0.2, -0.15) is 0 Å². The normalized spacial score (nSPS) is 20.1. The molecule has 2 amide bonds. The molecule has 20 nitrogen and oxygen atoms in total. The Morgan fingerprint density at radius 3 is 2.15 bits per heavy atom. The number of nitrogens with one attached hydrogen (secondary N) is 2. The number of aliphatic hydroxyl groups excluding tert-OH is 4. The van der Waals surface area contributed by atoms with Crippen LogP contribution in [0.25, 0.3) is 0 Å². The number of carboxylic acids is 1. The highest BCUT2D eigenvalue weighted by atomic mass is 19.3.